The van der Waals surface area contributed by atoms with Crippen LogP contribution < -0.4 is 10.2 Å². The molecule has 0 aromatic heterocycles. The van der Waals surface area contributed by atoms with Crippen LogP contribution in [0.25, 0.3) is 0 Å². The fraction of sp³-hybridized carbons (Fsp3) is 0.500. The molecule has 0 spiro atoms. The van der Waals surface area contributed by atoms with Crippen molar-refractivity contribution in [1.29, 1.82) is 0 Å². The first-order valence-corrected chi connectivity index (χ1v) is 7.50. The molecule has 0 atom stereocenters. The van der Waals surface area contributed by atoms with E-state index < -0.39 is 0 Å². The molecule has 0 radical (unpaired) electrons. The number of hydrogen-bond donors (Lipinski definition) is 1. The van der Waals surface area contributed by atoms with Crippen LogP contribution in [0.5, 0.6) is 0 Å². The van der Waals surface area contributed by atoms with E-state index >= 15 is 0 Å². The van der Waals surface area contributed by atoms with E-state index in [1.165, 1.54) is 6.92 Å². The van der Waals surface area contributed by atoms with E-state index in [4.69, 9.17) is 11.6 Å². The summed E-state index contributed by atoms with van der Waals surface area (Å²) in [7, 11) is 0. The topological polar surface area (TPSA) is 49.4 Å². The van der Waals surface area contributed by atoms with Crippen LogP contribution in [0.3, 0.4) is 0 Å². The maximum Gasteiger partial charge on any atom is 0.223 e. The number of carbonyl (C=O) groups excluding carboxylic acids is 2. The molecule has 0 fully saturated rings. The van der Waals surface area contributed by atoms with Gasteiger partial charge in [0, 0.05) is 37.1 Å². The van der Waals surface area contributed by atoms with Gasteiger partial charge < -0.3 is 10.2 Å². The third-order valence-corrected chi connectivity index (χ3v) is 3.33. The van der Waals surface area contributed by atoms with E-state index in [2.05, 4.69) is 5.32 Å². The maximum absolute atomic E-state index is 11.8. The van der Waals surface area contributed by atoms with E-state index in [0.717, 1.165) is 11.3 Å². The lowest BCUT2D eigenvalue weighted by Crippen LogP contribution is -2.38. The molecule has 0 saturated carbocycles. The zero-order chi connectivity index (χ0) is 16.0. The first-order chi connectivity index (χ1) is 9.81. The average Bonchev–Trinajstić information content (AvgIpc) is 2.36. The number of hydrogen-bond acceptors (Lipinski definition) is 2. The highest BCUT2D eigenvalue weighted by atomic mass is 35.5. The van der Waals surface area contributed by atoms with Crippen molar-refractivity contribution in [2.24, 2.45) is 5.92 Å². The number of halogens is 1. The highest BCUT2D eigenvalue weighted by Crippen LogP contribution is 2.24. The number of aryl methyl sites for hydroxylation is 1. The maximum atomic E-state index is 11.8. The summed E-state index contributed by atoms with van der Waals surface area (Å²) >= 11 is 6.00. The lowest BCUT2D eigenvalue weighted by molar-refractivity contribution is -0.122. The molecule has 0 bridgehead atoms. The molecular weight excluding hydrogens is 288 g/mol. The van der Waals surface area contributed by atoms with Crippen LogP contribution in [0.1, 0.15) is 32.8 Å². The summed E-state index contributed by atoms with van der Waals surface area (Å²) in [6.07, 6.45) is 0.496. The van der Waals surface area contributed by atoms with Gasteiger partial charge in [-0.1, -0.05) is 31.5 Å². The zero-order valence-corrected chi connectivity index (χ0v) is 13.8. The summed E-state index contributed by atoms with van der Waals surface area (Å²) in [4.78, 5) is 25.1. The van der Waals surface area contributed by atoms with Crippen LogP contribution in [0.4, 0.5) is 5.69 Å². The van der Waals surface area contributed by atoms with Gasteiger partial charge in [-0.05, 0) is 30.5 Å². The molecule has 2 amide bonds. The van der Waals surface area contributed by atoms with Crippen molar-refractivity contribution in [1.82, 2.24) is 5.32 Å². The van der Waals surface area contributed by atoms with Gasteiger partial charge in [0.15, 0.2) is 0 Å². The fourth-order valence-corrected chi connectivity index (χ4v) is 2.24. The van der Waals surface area contributed by atoms with Gasteiger partial charge in [-0.2, -0.15) is 0 Å². The monoisotopic (exact) mass is 310 g/mol. The minimum atomic E-state index is -0.0709. The average molecular weight is 311 g/mol. The van der Waals surface area contributed by atoms with Crippen LogP contribution in [0.2, 0.25) is 5.02 Å². The standard InChI is InChI=1S/C16H23ClN2O2/c1-11(2)9-16(21)18-7-8-19(13(4)20)15-10-14(17)6-5-12(15)3/h5-6,10-11H,7-9H2,1-4H3,(H,18,21). The number of benzene rings is 1. The van der Waals surface area contributed by atoms with Gasteiger partial charge in [0.25, 0.3) is 0 Å². The highest BCUT2D eigenvalue weighted by Gasteiger charge is 2.14. The van der Waals surface area contributed by atoms with Gasteiger partial charge in [0.05, 0.1) is 0 Å². The van der Waals surface area contributed by atoms with Gasteiger partial charge in [0.1, 0.15) is 0 Å². The Labute approximate surface area is 131 Å². The fourth-order valence-electron chi connectivity index (χ4n) is 2.07. The Morgan fingerprint density at radius 3 is 2.57 bits per heavy atom. The summed E-state index contributed by atoms with van der Waals surface area (Å²) in [5, 5.41) is 3.43. The summed E-state index contributed by atoms with van der Waals surface area (Å²) in [5.74, 6) is 0.263. The molecule has 0 saturated heterocycles. The molecule has 0 unspecified atom stereocenters. The zero-order valence-electron chi connectivity index (χ0n) is 13.1. The van der Waals surface area contributed by atoms with Gasteiger partial charge in [-0.15, -0.1) is 0 Å². The first kappa shape index (κ1) is 17.5. The first-order valence-electron chi connectivity index (χ1n) is 7.12. The molecule has 0 aliphatic rings. The summed E-state index contributed by atoms with van der Waals surface area (Å²) in [6, 6.07) is 5.45. The van der Waals surface area contributed by atoms with Gasteiger partial charge in [-0.25, -0.2) is 0 Å². The van der Waals surface area contributed by atoms with Crippen molar-refractivity contribution in [2.75, 3.05) is 18.0 Å². The van der Waals surface area contributed by atoms with Crippen molar-refractivity contribution in [2.45, 2.75) is 34.1 Å². The molecule has 0 aliphatic heterocycles. The van der Waals surface area contributed by atoms with Gasteiger partial charge in [0.2, 0.25) is 11.8 Å². The Hall–Kier alpha value is -1.55. The highest BCUT2D eigenvalue weighted by molar-refractivity contribution is 6.31. The number of nitrogens with zero attached hydrogens (tertiary/aromatic N) is 1. The third-order valence-electron chi connectivity index (χ3n) is 3.09. The normalized spacial score (nSPS) is 10.6. The van der Waals surface area contributed by atoms with Crippen LogP contribution in [0, 0.1) is 12.8 Å². The predicted octanol–water partition coefficient (Wildman–Crippen LogP) is 3.16. The summed E-state index contributed by atoms with van der Waals surface area (Å²) < 4.78 is 0. The van der Waals surface area contributed by atoms with Crippen molar-refractivity contribution < 1.29 is 9.59 Å². The molecule has 0 aliphatic carbocycles. The Kier molecular flexibility index (Phi) is 6.69. The molecule has 5 heteroatoms. The summed E-state index contributed by atoms with van der Waals surface area (Å²) in [5.41, 5.74) is 1.76. The number of amides is 2. The molecule has 1 rings (SSSR count). The second kappa shape index (κ2) is 8.03. The summed E-state index contributed by atoms with van der Waals surface area (Å²) in [6.45, 7) is 8.29. The quantitative estimate of drug-likeness (QED) is 0.877. The molecule has 116 valence electrons. The van der Waals surface area contributed by atoms with Crippen LogP contribution >= 0.6 is 11.6 Å². The third kappa shape index (κ3) is 5.76. The second-order valence-electron chi connectivity index (χ2n) is 5.55. The predicted molar refractivity (Wildman–Crippen MR) is 86.7 cm³/mol. The SMILES string of the molecule is CC(=O)N(CCNC(=O)CC(C)C)c1cc(Cl)ccc1C. The Balaban J connectivity index is 2.69. The largest absolute Gasteiger partial charge is 0.354 e. The van der Waals surface area contributed by atoms with E-state index in [-0.39, 0.29) is 11.8 Å². The molecule has 4 nitrogen and oxygen atoms in total. The van der Waals surface area contributed by atoms with E-state index in [1.54, 1.807) is 17.0 Å². The molecular formula is C16H23ClN2O2. The Morgan fingerprint density at radius 2 is 2.00 bits per heavy atom. The number of nitrogens with one attached hydrogen (secondary N) is 1. The smallest absolute Gasteiger partial charge is 0.223 e. The molecule has 1 aromatic carbocycles. The van der Waals surface area contributed by atoms with Crippen molar-refractivity contribution in [3.63, 3.8) is 0 Å². The number of anilines is 1. The second-order valence-corrected chi connectivity index (χ2v) is 5.99. The van der Waals surface area contributed by atoms with Crippen LogP contribution in [-0.4, -0.2) is 24.9 Å². The molecule has 1 N–H and O–H groups in total. The Bertz CT molecular complexity index is 515. The molecule has 1 aromatic rings. The number of carbonyl (C=O) groups is 2. The van der Waals surface area contributed by atoms with Crippen LogP contribution in [0.15, 0.2) is 18.2 Å². The van der Waals surface area contributed by atoms with Crippen molar-refractivity contribution in [3.05, 3.63) is 28.8 Å². The Morgan fingerprint density at radius 1 is 1.33 bits per heavy atom. The van der Waals surface area contributed by atoms with Crippen molar-refractivity contribution in [3.8, 4) is 0 Å². The van der Waals surface area contributed by atoms with E-state index in [0.29, 0.717) is 30.5 Å². The number of rotatable bonds is 6. The van der Waals surface area contributed by atoms with Crippen molar-refractivity contribution >= 4 is 29.1 Å². The minimum Gasteiger partial charge on any atom is -0.354 e. The van der Waals surface area contributed by atoms with Crippen LogP contribution in [-0.2, 0) is 9.59 Å². The van der Waals surface area contributed by atoms with E-state index in [9.17, 15) is 9.59 Å². The van der Waals surface area contributed by atoms with Gasteiger partial charge >= 0.3 is 0 Å². The van der Waals surface area contributed by atoms with E-state index in [1.807, 2.05) is 26.8 Å². The molecule has 21 heavy (non-hydrogen) atoms. The van der Waals surface area contributed by atoms with Gasteiger partial charge in [-0.3, -0.25) is 9.59 Å². The molecule has 0 heterocycles. The lowest BCUT2D eigenvalue weighted by atomic mass is 10.1. The minimum absolute atomic E-state index is 0.0105. The lowest BCUT2D eigenvalue weighted by Gasteiger charge is -2.23.